The molecule has 1 heterocycles. The predicted molar refractivity (Wildman–Crippen MR) is 70.5 cm³/mol. The average Bonchev–Trinajstić information content (AvgIpc) is 2.84. The second kappa shape index (κ2) is 5.66. The molecule has 3 nitrogen and oxygen atoms in total. The maximum absolute atomic E-state index is 12.9. The topological polar surface area (TPSA) is 29.9 Å². The molecule has 0 aliphatic heterocycles. The van der Waals surface area contributed by atoms with Crippen molar-refractivity contribution in [1.29, 1.82) is 0 Å². The Labute approximate surface area is 115 Å². The fraction of sp³-hybridized carbons (Fsp3) is 0.357. The van der Waals surface area contributed by atoms with Crippen LogP contribution in [0.2, 0.25) is 0 Å². The van der Waals surface area contributed by atoms with Gasteiger partial charge in [0, 0.05) is 18.8 Å². The van der Waals surface area contributed by atoms with Gasteiger partial charge in [-0.2, -0.15) is 18.3 Å². The molecule has 0 aliphatic carbocycles. The van der Waals surface area contributed by atoms with E-state index in [1.165, 1.54) is 16.8 Å². The molecule has 0 saturated heterocycles. The lowest BCUT2D eigenvalue weighted by Crippen LogP contribution is -2.22. The second-order valence-electron chi connectivity index (χ2n) is 4.80. The van der Waals surface area contributed by atoms with Crippen LogP contribution in [0, 0.1) is 0 Å². The van der Waals surface area contributed by atoms with Crippen molar-refractivity contribution in [2.24, 2.45) is 0 Å². The van der Waals surface area contributed by atoms with Crippen molar-refractivity contribution in [2.45, 2.75) is 32.6 Å². The molecule has 0 amide bonds. The molecule has 2 rings (SSSR count). The van der Waals surface area contributed by atoms with Crippen LogP contribution < -0.4 is 5.32 Å². The van der Waals surface area contributed by atoms with E-state index in [9.17, 15) is 13.2 Å². The summed E-state index contributed by atoms with van der Waals surface area (Å²) in [5, 5.41) is 7.35. The number of hydrogen-bond acceptors (Lipinski definition) is 2. The number of rotatable bonds is 4. The van der Waals surface area contributed by atoms with Crippen LogP contribution >= 0.6 is 0 Å². The highest BCUT2D eigenvalue weighted by atomic mass is 19.4. The Balaban J connectivity index is 2.29. The van der Waals surface area contributed by atoms with E-state index in [0.717, 1.165) is 6.07 Å². The third-order valence-corrected chi connectivity index (χ3v) is 2.79. The Morgan fingerprint density at radius 3 is 2.55 bits per heavy atom. The minimum Gasteiger partial charge on any atom is -0.309 e. The number of hydrogen-bond donors (Lipinski definition) is 1. The van der Waals surface area contributed by atoms with E-state index in [-0.39, 0.29) is 5.69 Å². The molecule has 0 aliphatic rings. The van der Waals surface area contributed by atoms with Gasteiger partial charge in [-0.3, -0.25) is 0 Å². The smallest absolute Gasteiger partial charge is 0.309 e. The zero-order valence-electron chi connectivity index (χ0n) is 11.3. The van der Waals surface area contributed by atoms with Crippen molar-refractivity contribution in [3.63, 3.8) is 0 Å². The number of para-hydroxylation sites is 1. The Hall–Kier alpha value is -1.82. The van der Waals surface area contributed by atoms with Gasteiger partial charge in [0.05, 0.1) is 16.9 Å². The van der Waals surface area contributed by atoms with Gasteiger partial charge in [0.1, 0.15) is 0 Å². The number of alkyl halides is 3. The molecule has 108 valence electrons. The van der Waals surface area contributed by atoms with E-state index in [2.05, 4.69) is 10.4 Å². The SMILES string of the molecule is CC(C)NCc1ccn(-c2ccccc2C(F)(F)F)n1. The molecule has 0 spiro atoms. The summed E-state index contributed by atoms with van der Waals surface area (Å²) >= 11 is 0. The van der Waals surface area contributed by atoms with Gasteiger partial charge in [0.25, 0.3) is 0 Å². The van der Waals surface area contributed by atoms with Gasteiger partial charge in [-0.25, -0.2) is 4.68 Å². The number of halogens is 3. The van der Waals surface area contributed by atoms with Gasteiger partial charge < -0.3 is 5.32 Å². The zero-order valence-corrected chi connectivity index (χ0v) is 11.3. The van der Waals surface area contributed by atoms with E-state index >= 15 is 0 Å². The first-order valence-electron chi connectivity index (χ1n) is 6.32. The fourth-order valence-corrected chi connectivity index (χ4v) is 1.81. The van der Waals surface area contributed by atoms with Gasteiger partial charge in [-0.05, 0) is 18.2 Å². The molecule has 6 heteroatoms. The van der Waals surface area contributed by atoms with Crippen LogP contribution in [0.5, 0.6) is 0 Å². The van der Waals surface area contributed by atoms with Crippen LogP contribution in [0.25, 0.3) is 5.69 Å². The van der Waals surface area contributed by atoms with Gasteiger partial charge in [-0.1, -0.05) is 26.0 Å². The van der Waals surface area contributed by atoms with Crippen molar-refractivity contribution in [2.75, 3.05) is 0 Å². The molecule has 0 unspecified atom stereocenters. The first kappa shape index (κ1) is 14.6. The lowest BCUT2D eigenvalue weighted by molar-refractivity contribution is -0.137. The third-order valence-electron chi connectivity index (χ3n) is 2.79. The minimum absolute atomic E-state index is 0.0378. The molecule has 0 radical (unpaired) electrons. The van der Waals surface area contributed by atoms with Crippen LogP contribution in [0.1, 0.15) is 25.1 Å². The fourth-order valence-electron chi connectivity index (χ4n) is 1.81. The molecular weight excluding hydrogens is 267 g/mol. The molecule has 20 heavy (non-hydrogen) atoms. The molecule has 0 atom stereocenters. The van der Waals surface area contributed by atoms with Crippen LogP contribution in [-0.2, 0) is 12.7 Å². The molecule has 2 aromatic rings. The largest absolute Gasteiger partial charge is 0.418 e. The third kappa shape index (κ3) is 3.39. The first-order valence-corrected chi connectivity index (χ1v) is 6.32. The van der Waals surface area contributed by atoms with Gasteiger partial charge in [0.15, 0.2) is 0 Å². The minimum atomic E-state index is -4.39. The van der Waals surface area contributed by atoms with Gasteiger partial charge >= 0.3 is 6.18 Å². The standard InChI is InChI=1S/C14H16F3N3/c1-10(2)18-9-11-7-8-20(19-11)13-6-4-3-5-12(13)14(15,16)17/h3-8,10,18H,9H2,1-2H3. The van der Waals surface area contributed by atoms with Crippen molar-refractivity contribution >= 4 is 0 Å². The lowest BCUT2D eigenvalue weighted by Gasteiger charge is -2.12. The van der Waals surface area contributed by atoms with Crippen LogP contribution in [0.15, 0.2) is 36.5 Å². The summed E-state index contributed by atoms with van der Waals surface area (Å²) in [6.45, 7) is 4.52. The predicted octanol–water partition coefficient (Wildman–Crippen LogP) is 3.39. The summed E-state index contributed by atoms with van der Waals surface area (Å²) in [4.78, 5) is 0. The highest BCUT2D eigenvalue weighted by Crippen LogP contribution is 2.33. The quantitative estimate of drug-likeness (QED) is 0.932. The Kier molecular flexibility index (Phi) is 4.13. The monoisotopic (exact) mass is 283 g/mol. The van der Waals surface area contributed by atoms with E-state index in [4.69, 9.17) is 0 Å². The highest BCUT2D eigenvalue weighted by molar-refractivity contribution is 5.42. The Morgan fingerprint density at radius 1 is 1.20 bits per heavy atom. The van der Waals surface area contributed by atoms with Crippen LogP contribution in [0.3, 0.4) is 0 Å². The lowest BCUT2D eigenvalue weighted by atomic mass is 10.2. The van der Waals surface area contributed by atoms with Crippen LogP contribution in [-0.4, -0.2) is 15.8 Å². The number of nitrogens with one attached hydrogen (secondary N) is 1. The van der Waals surface area contributed by atoms with E-state index in [1.54, 1.807) is 18.3 Å². The molecular formula is C14H16F3N3. The summed E-state index contributed by atoms with van der Waals surface area (Å²) in [5.41, 5.74) is 0.0537. The molecule has 0 fully saturated rings. The normalized spacial score (nSPS) is 12.1. The van der Waals surface area contributed by atoms with Gasteiger partial charge in [0.2, 0.25) is 0 Å². The molecule has 0 saturated carbocycles. The van der Waals surface area contributed by atoms with Crippen molar-refractivity contribution < 1.29 is 13.2 Å². The van der Waals surface area contributed by atoms with E-state index in [1.807, 2.05) is 13.8 Å². The van der Waals surface area contributed by atoms with Gasteiger partial charge in [-0.15, -0.1) is 0 Å². The van der Waals surface area contributed by atoms with Crippen LogP contribution in [0.4, 0.5) is 13.2 Å². The Bertz CT molecular complexity index is 573. The summed E-state index contributed by atoms with van der Waals surface area (Å²) in [5.74, 6) is 0. The molecule has 0 bridgehead atoms. The zero-order chi connectivity index (χ0) is 14.8. The number of benzene rings is 1. The maximum Gasteiger partial charge on any atom is 0.418 e. The van der Waals surface area contributed by atoms with E-state index < -0.39 is 11.7 Å². The average molecular weight is 283 g/mol. The summed E-state index contributed by atoms with van der Waals surface area (Å²) in [6.07, 6.45) is -2.85. The number of aromatic nitrogens is 2. The van der Waals surface area contributed by atoms with Crippen molar-refractivity contribution in [3.05, 3.63) is 47.8 Å². The summed E-state index contributed by atoms with van der Waals surface area (Å²) in [6, 6.07) is 7.42. The first-order chi connectivity index (χ1) is 9.38. The van der Waals surface area contributed by atoms with E-state index in [0.29, 0.717) is 18.3 Å². The van der Waals surface area contributed by atoms with Crippen molar-refractivity contribution in [1.82, 2.24) is 15.1 Å². The maximum atomic E-state index is 12.9. The second-order valence-corrected chi connectivity index (χ2v) is 4.80. The highest BCUT2D eigenvalue weighted by Gasteiger charge is 2.33. The van der Waals surface area contributed by atoms with Crippen molar-refractivity contribution in [3.8, 4) is 5.69 Å². The molecule has 1 N–H and O–H groups in total. The summed E-state index contributed by atoms with van der Waals surface area (Å²) < 4.78 is 40.1. The summed E-state index contributed by atoms with van der Waals surface area (Å²) in [7, 11) is 0. The number of nitrogens with zero attached hydrogens (tertiary/aromatic N) is 2. The molecule has 1 aromatic carbocycles. The Morgan fingerprint density at radius 2 is 1.90 bits per heavy atom. The molecule has 1 aromatic heterocycles.